The van der Waals surface area contributed by atoms with Crippen LogP contribution in [0, 0.1) is 11.8 Å². The van der Waals surface area contributed by atoms with Crippen LogP contribution in [0.15, 0.2) is 48.5 Å². The van der Waals surface area contributed by atoms with Crippen molar-refractivity contribution in [3.8, 4) is 11.1 Å². The Hall–Kier alpha value is -3.35. The summed E-state index contributed by atoms with van der Waals surface area (Å²) >= 11 is 0. The minimum Gasteiger partial charge on any atom is -0.481 e. The van der Waals surface area contributed by atoms with Crippen molar-refractivity contribution in [2.75, 3.05) is 19.7 Å². The van der Waals surface area contributed by atoms with E-state index in [9.17, 15) is 14.4 Å². The third-order valence-corrected chi connectivity index (χ3v) is 7.64. The van der Waals surface area contributed by atoms with Crippen LogP contribution in [-0.4, -0.2) is 53.7 Å². The van der Waals surface area contributed by atoms with Crippen molar-refractivity contribution in [2.24, 2.45) is 11.8 Å². The molecule has 0 aromatic heterocycles. The normalized spacial score (nSPS) is 19.7. The molecular weight excluding hydrogens is 444 g/mol. The second-order valence-corrected chi connectivity index (χ2v) is 10.0. The van der Waals surface area contributed by atoms with E-state index in [0.717, 1.165) is 19.3 Å². The highest BCUT2D eigenvalue weighted by atomic mass is 16.5. The van der Waals surface area contributed by atoms with E-state index in [1.807, 2.05) is 29.2 Å². The second kappa shape index (κ2) is 10.1. The Labute approximate surface area is 205 Å². The van der Waals surface area contributed by atoms with Crippen LogP contribution in [-0.2, 0) is 14.3 Å². The van der Waals surface area contributed by atoms with E-state index in [4.69, 9.17) is 9.84 Å². The fourth-order valence-electron chi connectivity index (χ4n) is 5.57. The van der Waals surface area contributed by atoms with Gasteiger partial charge in [-0.25, -0.2) is 4.79 Å². The quantitative estimate of drug-likeness (QED) is 0.559. The highest BCUT2D eigenvalue weighted by molar-refractivity contribution is 5.80. The Balaban J connectivity index is 1.15. The smallest absolute Gasteiger partial charge is 0.407 e. The van der Waals surface area contributed by atoms with Gasteiger partial charge in [-0.05, 0) is 59.8 Å². The van der Waals surface area contributed by atoms with E-state index in [2.05, 4.69) is 29.6 Å². The number of likely N-dealkylation sites (tertiary alicyclic amines) is 1. The zero-order valence-corrected chi connectivity index (χ0v) is 19.8. The lowest BCUT2D eigenvalue weighted by molar-refractivity contribution is -0.137. The van der Waals surface area contributed by atoms with E-state index < -0.39 is 12.1 Å². The van der Waals surface area contributed by atoms with E-state index in [0.29, 0.717) is 25.4 Å². The molecule has 3 aliphatic rings. The molecular formula is C28H32N2O5. The first kappa shape index (κ1) is 23.4. The molecule has 2 aromatic carbocycles. The standard InChI is InChI=1S/C28H32N2O5/c31-26(30-14-13-18(16-30)9-12-27(32)33)15-25(19-10-11-19)29-28(34)35-17-24-22-7-3-1-5-20(22)21-6-2-4-8-23(21)24/h1-8,18-19,24-25H,9-17H2,(H,29,34)(H,32,33). The number of nitrogens with one attached hydrogen (secondary N) is 1. The molecule has 0 spiro atoms. The van der Waals surface area contributed by atoms with Gasteiger partial charge in [0.15, 0.2) is 0 Å². The van der Waals surface area contributed by atoms with Gasteiger partial charge in [-0.1, -0.05) is 48.5 Å². The SMILES string of the molecule is O=C(O)CCC1CCN(C(=O)CC(NC(=O)OCC2c3ccccc3-c3ccccc32)C2CC2)C1. The highest BCUT2D eigenvalue weighted by Gasteiger charge is 2.37. The molecule has 2 N–H and O–H groups in total. The molecule has 0 bridgehead atoms. The van der Waals surface area contributed by atoms with E-state index in [1.165, 1.54) is 22.3 Å². The average Bonchev–Trinajstić information content (AvgIpc) is 3.51. The van der Waals surface area contributed by atoms with Gasteiger partial charge in [0.05, 0.1) is 0 Å². The average molecular weight is 477 g/mol. The minimum absolute atomic E-state index is 0.00138. The van der Waals surface area contributed by atoms with Crippen molar-refractivity contribution in [3.05, 3.63) is 59.7 Å². The molecule has 1 saturated carbocycles. The number of amides is 2. The van der Waals surface area contributed by atoms with Crippen LogP contribution in [0.5, 0.6) is 0 Å². The number of rotatable bonds is 9. The lowest BCUT2D eigenvalue weighted by Crippen LogP contribution is -2.42. The molecule has 7 nitrogen and oxygen atoms in total. The van der Waals surface area contributed by atoms with E-state index in [1.54, 1.807) is 0 Å². The summed E-state index contributed by atoms with van der Waals surface area (Å²) in [6.45, 7) is 1.52. The highest BCUT2D eigenvalue weighted by Crippen LogP contribution is 2.44. The first-order chi connectivity index (χ1) is 17.0. The largest absolute Gasteiger partial charge is 0.481 e. The van der Waals surface area contributed by atoms with Gasteiger partial charge in [-0.15, -0.1) is 0 Å². The maximum absolute atomic E-state index is 12.9. The van der Waals surface area contributed by atoms with Crippen molar-refractivity contribution >= 4 is 18.0 Å². The van der Waals surface area contributed by atoms with Crippen molar-refractivity contribution in [1.82, 2.24) is 10.2 Å². The van der Waals surface area contributed by atoms with E-state index in [-0.39, 0.29) is 43.2 Å². The molecule has 7 heteroatoms. The van der Waals surface area contributed by atoms with Gasteiger partial charge in [-0.2, -0.15) is 0 Å². The lowest BCUT2D eigenvalue weighted by Gasteiger charge is -2.23. The summed E-state index contributed by atoms with van der Waals surface area (Å²) in [6, 6.07) is 16.2. The fourth-order valence-corrected chi connectivity index (χ4v) is 5.57. The molecule has 35 heavy (non-hydrogen) atoms. The molecule has 2 unspecified atom stereocenters. The number of carboxylic acid groups (broad SMARTS) is 1. The fraction of sp³-hybridized carbons (Fsp3) is 0.464. The molecule has 2 aromatic rings. The maximum atomic E-state index is 12.9. The van der Waals surface area contributed by atoms with Crippen molar-refractivity contribution in [3.63, 3.8) is 0 Å². The monoisotopic (exact) mass is 476 g/mol. The number of nitrogens with zero attached hydrogens (tertiary/aromatic N) is 1. The third kappa shape index (κ3) is 5.34. The number of carbonyl (C=O) groups is 3. The number of benzene rings is 2. The third-order valence-electron chi connectivity index (χ3n) is 7.64. The number of fused-ring (bicyclic) bond motifs is 3. The van der Waals surface area contributed by atoms with E-state index >= 15 is 0 Å². The van der Waals surface area contributed by atoms with Crippen molar-refractivity contribution < 1.29 is 24.2 Å². The molecule has 2 aliphatic carbocycles. The summed E-state index contributed by atoms with van der Waals surface area (Å²) in [5, 5.41) is 11.9. The molecule has 2 amide bonds. The second-order valence-electron chi connectivity index (χ2n) is 10.0. The summed E-state index contributed by atoms with van der Waals surface area (Å²) < 4.78 is 5.70. The predicted molar refractivity (Wildman–Crippen MR) is 131 cm³/mol. The Morgan fingerprint density at radius 2 is 1.66 bits per heavy atom. The zero-order chi connectivity index (χ0) is 24.4. The number of carbonyl (C=O) groups excluding carboxylic acids is 2. The number of carboxylic acids is 1. The molecule has 5 rings (SSSR count). The minimum atomic E-state index is -0.795. The molecule has 184 valence electrons. The van der Waals surface area contributed by atoms with Gasteiger partial charge in [0.1, 0.15) is 6.61 Å². The summed E-state index contributed by atoms with van der Waals surface area (Å²) in [6.07, 6.45) is 3.38. The summed E-state index contributed by atoms with van der Waals surface area (Å²) in [7, 11) is 0. The number of ether oxygens (including phenoxy) is 1. The van der Waals surface area contributed by atoms with Gasteiger partial charge in [0.2, 0.25) is 5.91 Å². The number of hydrogen-bond acceptors (Lipinski definition) is 4. The Morgan fingerprint density at radius 3 is 2.29 bits per heavy atom. The van der Waals surface area contributed by atoms with Crippen LogP contribution in [0.1, 0.15) is 55.6 Å². The van der Waals surface area contributed by atoms with Crippen molar-refractivity contribution in [1.29, 1.82) is 0 Å². The van der Waals surface area contributed by atoms with Gasteiger partial charge in [0, 0.05) is 37.9 Å². The first-order valence-electron chi connectivity index (χ1n) is 12.6. The van der Waals surface area contributed by atoms with Crippen LogP contribution in [0.25, 0.3) is 11.1 Å². The lowest BCUT2D eigenvalue weighted by atomic mass is 9.98. The molecule has 1 aliphatic heterocycles. The van der Waals surface area contributed by atoms with Gasteiger partial charge in [-0.3, -0.25) is 9.59 Å². The Kier molecular flexibility index (Phi) is 6.75. The van der Waals surface area contributed by atoms with Gasteiger partial charge < -0.3 is 20.1 Å². The Bertz CT molecular complexity index is 1070. The van der Waals surface area contributed by atoms with Crippen LogP contribution in [0.4, 0.5) is 4.79 Å². The summed E-state index contributed by atoms with van der Waals surface area (Å²) in [5.74, 6) is -0.217. The summed E-state index contributed by atoms with van der Waals surface area (Å²) in [4.78, 5) is 38.3. The molecule has 0 radical (unpaired) electrons. The zero-order valence-electron chi connectivity index (χ0n) is 19.8. The Morgan fingerprint density at radius 1 is 1.00 bits per heavy atom. The molecule has 2 atom stereocenters. The number of alkyl carbamates (subject to hydrolysis) is 1. The topological polar surface area (TPSA) is 95.9 Å². The predicted octanol–water partition coefficient (Wildman–Crippen LogP) is 4.41. The van der Waals surface area contributed by atoms with Gasteiger partial charge >= 0.3 is 12.1 Å². The number of aliphatic carboxylic acids is 1. The van der Waals surface area contributed by atoms with Gasteiger partial charge in [0.25, 0.3) is 0 Å². The number of hydrogen-bond donors (Lipinski definition) is 2. The molecule has 1 heterocycles. The molecule has 1 saturated heterocycles. The van der Waals surface area contributed by atoms with Crippen LogP contribution in [0.2, 0.25) is 0 Å². The van der Waals surface area contributed by atoms with Crippen LogP contribution >= 0.6 is 0 Å². The van der Waals surface area contributed by atoms with Crippen LogP contribution < -0.4 is 5.32 Å². The molecule has 2 fully saturated rings. The maximum Gasteiger partial charge on any atom is 0.407 e. The summed E-state index contributed by atoms with van der Waals surface area (Å²) in [5.41, 5.74) is 4.71. The van der Waals surface area contributed by atoms with Crippen molar-refractivity contribution in [2.45, 2.75) is 50.5 Å². The van der Waals surface area contributed by atoms with Crippen LogP contribution in [0.3, 0.4) is 0 Å². The first-order valence-corrected chi connectivity index (χ1v) is 12.6.